The van der Waals surface area contributed by atoms with Crippen LogP contribution in [-0.2, 0) is 26.2 Å². The molecule has 0 saturated carbocycles. The first-order valence-electron chi connectivity index (χ1n) is 5.87. The zero-order chi connectivity index (χ0) is 15.5. The van der Waals surface area contributed by atoms with Gasteiger partial charge >= 0.3 is 0 Å². The van der Waals surface area contributed by atoms with E-state index in [2.05, 4.69) is 4.98 Å². The second-order valence-electron chi connectivity index (χ2n) is 4.29. The molecule has 0 bridgehead atoms. The first kappa shape index (κ1) is 14.9. The van der Waals surface area contributed by atoms with E-state index >= 15 is 0 Å². The Hall–Kier alpha value is -2.48. The summed E-state index contributed by atoms with van der Waals surface area (Å²) >= 11 is 0. The lowest BCUT2D eigenvalue weighted by Gasteiger charge is -2.08. The summed E-state index contributed by atoms with van der Waals surface area (Å²) in [6, 6.07) is 8.36. The number of aromatic nitrogens is 1. The average molecular weight is 308 g/mol. The van der Waals surface area contributed by atoms with Crippen molar-refractivity contribution in [1.29, 1.82) is 0 Å². The van der Waals surface area contributed by atoms with Crippen LogP contribution in [0.4, 0.5) is 0 Å². The van der Waals surface area contributed by atoms with Crippen LogP contribution in [0.3, 0.4) is 0 Å². The van der Waals surface area contributed by atoms with Gasteiger partial charge in [-0.1, -0.05) is 18.2 Å². The molecule has 0 radical (unpaired) electrons. The predicted molar refractivity (Wildman–Crippen MR) is 74.9 cm³/mol. The SMILES string of the molecule is CS(=O)(=O)NC(=O)c1cc(COC=O)c2ccccc2n1. The van der Waals surface area contributed by atoms with Crippen LogP contribution in [0.15, 0.2) is 30.3 Å². The highest BCUT2D eigenvalue weighted by Gasteiger charge is 2.15. The Kier molecular flexibility index (Phi) is 4.18. The minimum absolute atomic E-state index is 0.0360. The Morgan fingerprint density at radius 3 is 2.76 bits per heavy atom. The lowest BCUT2D eigenvalue weighted by Crippen LogP contribution is -2.30. The summed E-state index contributed by atoms with van der Waals surface area (Å²) in [6.45, 7) is 0.261. The smallest absolute Gasteiger partial charge is 0.293 e. The monoisotopic (exact) mass is 308 g/mol. The minimum atomic E-state index is -3.68. The molecule has 0 saturated heterocycles. The molecule has 110 valence electrons. The number of hydrogen-bond acceptors (Lipinski definition) is 6. The molecule has 1 N–H and O–H groups in total. The summed E-state index contributed by atoms with van der Waals surface area (Å²) in [4.78, 5) is 26.3. The fourth-order valence-corrected chi connectivity index (χ4v) is 2.27. The third kappa shape index (κ3) is 3.76. The highest BCUT2D eigenvalue weighted by Crippen LogP contribution is 2.19. The standard InChI is InChI=1S/C13H12N2O5S/c1-21(18,19)15-13(17)12-6-9(7-20-8-16)10-4-2-3-5-11(10)14-12/h2-6,8H,7H2,1H3,(H,15,17). The van der Waals surface area contributed by atoms with Gasteiger partial charge in [0.1, 0.15) is 12.3 Å². The van der Waals surface area contributed by atoms with Crippen LogP contribution in [0.2, 0.25) is 0 Å². The number of benzene rings is 1. The molecule has 0 spiro atoms. The van der Waals surface area contributed by atoms with Gasteiger partial charge in [-0.15, -0.1) is 0 Å². The Balaban J connectivity index is 2.50. The van der Waals surface area contributed by atoms with Gasteiger partial charge in [-0.2, -0.15) is 0 Å². The number of fused-ring (bicyclic) bond motifs is 1. The molecule has 21 heavy (non-hydrogen) atoms. The molecule has 0 aliphatic heterocycles. The van der Waals surface area contributed by atoms with Crippen molar-refractivity contribution in [1.82, 2.24) is 9.71 Å². The normalized spacial score (nSPS) is 11.1. The third-order valence-corrected chi connectivity index (χ3v) is 3.18. The maximum absolute atomic E-state index is 11.9. The second-order valence-corrected chi connectivity index (χ2v) is 6.04. The fraction of sp³-hybridized carbons (Fsp3) is 0.154. The molecule has 2 rings (SSSR count). The van der Waals surface area contributed by atoms with E-state index in [0.29, 0.717) is 17.6 Å². The molecule has 0 fully saturated rings. The molecule has 1 heterocycles. The van der Waals surface area contributed by atoms with Gasteiger partial charge < -0.3 is 4.74 Å². The zero-order valence-electron chi connectivity index (χ0n) is 11.1. The minimum Gasteiger partial charge on any atom is -0.463 e. The number of sulfonamides is 1. The predicted octanol–water partition coefficient (Wildman–Crippen LogP) is 0.597. The Labute approximate surface area is 121 Å². The summed E-state index contributed by atoms with van der Waals surface area (Å²) in [5.74, 6) is -0.837. The summed E-state index contributed by atoms with van der Waals surface area (Å²) in [6.07, 6.45) is 0.877. The van der Waals surface area contributed by atoms with Crippen molar-refractivity contribution in [2.45, 2.75) is 6.61 Å². The van der Waals surface area contributed by atoms with E-state index in [4.69, 9.17) is 4.74 Å². The number of hydrogen-bond donors (Lipinski definition) is 1. The molecule has 2 aromatic rings. The number of ether oxygens (including phenoxy) is 1. The quantitative estimate of drug-likeness (QED) is 0.811. The molecule has 0 aliphatic rings. The second kappa shape index (κ2) is 5.88. The number of carbonyl (C=O) groups excluding carboxylic acids is 2. The zero-order valence-corrected chi connectivity index (χ0v) is 11.9. The van der Waals surface area contributed by atoms with Gasteiger partial charge in [0.05, 0.1) is 11.8 Å². The van der Waals surface area contributed by atoms with Crippen LogP contribution < -0.4 is 4.72 Å². The van der Waals surface area contributed by atoms with E-state index in [-0.39, 0.29) is 12.3 Å². The van der Waals surface area contributed by atoms with E-state index in [1.165, 1.54) is 6.07 Å². The maximum atomic E-state index is 11.9. The van der Waals surface area contributed by atoms with Gasteiger partial charge in [0.15, 0.2) is 0 Å². The van der Waals surface area contributed by atoms with Crippen LogP contribution in [0.25, 0.3) is 10.9 Å². The Morgan fingerprint density at radius 2 is 2.10 bits per heavy atom. The van der Waals surface area contributed by atoms with Crippen molar-refractivity contribution in [3.63, 3.8) is 0 Å². The van der Waals surface area contributed by atoms with Gasteiger partial charge in [-0.3, -0.25) is 9.59 Å². The van der Waals surface area contributed by atoms with Crippen molar-refractivity contribution in [3.8, 4) is 0 Å². The number of rotatable bonds is 5. The summed E-state index contributed by atoms with van der Waals surface area (Å²) in [7, 11) is -3.68. The number of pyridine rings is 1. The van der Waals surface area contributed by atoms with Gasteiger partial charge in [-0.05, 0) is 12.1 Å². The third-order valence-electron chi connectivity index (χ3n) is 2.62. The maximum Gasteiger partial charge on any atom is 0.293 e. The number of nitrogens with one attached hydrogen (secondary N) is 1. The van der Waals surface area contributed by atoms with Crippen molar-refractivity contribution in [2.24, 2.45) is 0 Å². The highest BCUT2D eigenvalue weighted by molar-refractivity contribution is 7.89. The van der Waals surface area contributed by atoms with Crippen LogP contribution in [0.1, 0.15) is 16.1 Å². The van der Waals surface area contributed by atoms with Gasteiger partial charge in [0, 0.05) is 10.9 Å². The van der Waals surface area contributed by atoms with E-state index in [9.17, 15) is 18.0 Å². The Bertz CT molecular complexity index is 801. The molecule has 1 aromatic heterocycles. The van der Waals surface area contributed by atoms with E-state index < -0.39 is 15.9 Å². The fourth-order valence-electron chi connectivity index (χ4n) is 1.83. The number of carbonyl (C=O) groups is 2. The summed E-state index contributed by atoms with van der Waals surface area (Å²) < 4.78 is 28.8. The first-order valence-corrected chi connectivity index (χ1v) is 7.76. The van der Waals surface area contributed by atoms with Gasteiger partial charge in [-0.25, -0.2) is 18.1 Å². The van der Waals surface area contributed by atoms with Crippen molar-refractivity contribution in [2.75, 3.05) is 6.26 Å². The molecule has 8 heteroatoms. The van der Waals surface area contributed by atoms with Crippen LogP contribution >= 0.6 is 0 Å². The van der Waals surface area contributed by atoms with E-state index in [0.717, 1.165) is 11.6 Å². The van der Waals surface area contributed by atoms with E-state index in [1.807, 2.05) is 4.72 Å². The molecule has 1 amide bonds. The van der Waals surface area contributed by atoms with Crippen molar-refractivity contribution >= 4 is 33.3 Å². The highest BCUT2D eigenvalue weighted by atomic mass is 32.2. The molecule has 0 unspecified atom stereocenters. The van der Waals surface area contributed by atoms with Crippen LogP contribution in [-0.4, -0.2) is 32.0 Å². The van der Waals surface area contributed by atoms with Crippen LogP contribution in [0.5, 0.6) is 0 Å². The summed E-state index contributed by atoms with van der Waals surface area (Å²) in [5, 5.41) is 0.718. The number of nitrogens with zero attached hydrogens (tertiary/aromatic N) is 1. The molecule has 0 aliphatic carbocycles. The topological polar surface area (TPSA) is 102 Å². The molecule has 7 nitrogen and oxygen atoms in total. The van der Waals surface area contributed by atoms with E-state index in [1.54, 1.807) is 24.3 Å². The lowest BCUT2D eigenvalue weighted by molar-refractivity contribution is -0.129. The average Bonchev–Trinajstić information content (AvgIpc) is 2.42. The Morgan fingerprint density at radius 1 is 1.38 bits per heavy atom. The molecule has 0 atom stereocenters. The molecular weight excluding hydrogens is 296 g/mol. The van der Waals surface area contributed by atoms with Crippen molar-refractivity contribution in [3.05, 3.63) is 41.6 Å². The number of para-hydroxylation sites is 1. The van der Waals surface area contributed by atoms with Gasteiger partial charge in [0.2, 0.25) is 10.0 Å². The molecule has 1 aromatic carbocycles. The van der Waals surface area contributed by atoms with Gasteiger partial charge in [0.25, 0.3) is 12.4 Å². The molecular formula is C13H12N2O5S. The number of amides is 1. The first-order chi connectivity index (χ1) is 9.90. The van der Waals surface area contributed by atoms with Crippen LogP contribution in [0, 0.1) is 0 Å². The largest absolute Gasteiger partial charge is 0.463 e. The van der Waals surface area contributed by atoms with Crippen molar-refractivity contribution < 1.29 is 22.7 Å². The summed E-state index contributed by atoms with van der Waals surface area (Å²) in [5.41, 5.74) is 0.998. The lowest BCUT2D eigenvalue weighted by atomic mass is 10.1.